The molecular formula is C23H22ClN3O2S. The third-order valence-electron chi connectivity index (χ3n) is 4.25. The molecule has 0 bridgehead atoms. The predicted molar refractivity (Wildman–Crippen MR) is 123 cm³/mol. The fourth-order valence-electron chi connectivity index (χ4n) is 2.78. The van der Waals surface area contributed by atoms with Crippen LogP contribution in [0.5, 0.6) is 0 Å². The topological polar surface area (TPSA) is 71.1 Å². The zero-order valence-electron chi connectivity index (χ0n) is 16.5. The van der Waals surface area contributed by atoms with E-state index < -0.39 is 0 Å². The lowest BCUT2D eigenvalue weighted by Gasteiger charge is -2.15. The molecule has 0 saturated carbocycles. The molecular weight excluding hydrogens is 418 g/mol. The summed E-state index contributed by atoms with van der Waals surface area (Å²) >= 11 is 7.28. The number of carbonyl (C=O) groups excluding carboxylic acids is 2. The average molecular weight is 440 g/mol. The second-order valence-electron chi connectivity index (χ2n) is 6.60. The van der Waals surface area contributed by atoms with E-state index in [1.165, 1.54) is 18.0 Å². The predicted octanol–water partition coefficient (Wildman–Crippen LogP) is 5.43. The van der Waals surface area contributed by atoms with Crippen LogP contribution in [0.25, 0.3) is 0 Å². The van der Waals surface area contributed by atoms with Crippen molar-refractivity contribution in [1.82, 2.24) is 4.98 Å². The van der Waals surface area contributed by atoms with E-state index in [4.69, 9.17) is 11.6 Å². The molecule has 0 spiro atoms. The van der Waals surface area contributed by atoms with E-state index in [0.29, 0.717) is 29.4 Å². The first-order valence-electron chi connectivity index (χ1n) is 9.56. The summed E-state index contributed by atoms with van der Waals surface area (Å²) in [4.78, 5) is 29.9. The number of nitrogens with zero attached hydrogens (tertiary/aromatic N) is 1. The number of aromatic nitrogens is 1. The summed E-state index contributed by atoms with van der Waals surface area (Å²) in [6.45, 7) is 1.96. The van der Waals surface area contributed by atoms with Gasteiger partial charge in [-0.15, -0.1) is 11.8 Å². The van der Waals surface area contributed by atoms with Crippen LogP contribution < -0.4 is 10.6 Å². The molecule has 154 valence electrons. The molecule has 0 aliphatic carbocycles. The molecule has 5 nitrogen and oxygen atoms in total. The van der Waals surface area contributed by atoms with Gasteiger partial charge in [0.2, 0.25) is 11.8 Å². The number of halogens is 1. The third kappa shape index (κ3) is 6.61. The van der Waals surface area contributed by atoms with Crippen LogP contribution in [-0.4, -0.2) is 22.0 Å². The van der Waals surface area contributed by atoms with Crippen LogP contribution in [0.4, 0.5) is 11.5 Å². The van der Waals surface area contributed by atoms with Gasteiger partial charge in [0.05, 0.1) is 16.7 Å². The third-order valence-corrected chi connectivity index (χ3v) is 5.83. The number of anilines is 2. The molecule has 30 heavy (non-hydrogen) atoms. The highest BCUT2D eigenvalue weighted by Gasteiger charge is 2.19. The maximum atomic E-state index is 12.6. The zero-order chi connectivity index (χ0) is 21.3. The number of thioether (sulfide) groups is 1. The van der Waals surface area contributed by atoms with Gasteiger partial charge in [0, 0.05) is 16.8 Å². The number of nitrogens with one attached hydrogen (secondary N) is 2. The molecule has 3 rings (SSSR count). The molecule has 2 N–H and O–H groups in total. The van der Waals surface area contributed by atoms with Crippen molar-refractivity contribution in [3.63, 3.8) is 0 Å². The molecule has 0 aliphatic heterocycles. The maximum absolute atomic E-state index is 12.6. The largest absolute Gasteiger partial charge is 0.326 e. The van der Waals surface area contributed by atoms with Gasteiger partial charge in [-0.3, -0.25) is 9.59 Å². The van der Waals surface area contributed by atoms with Crippen molar-refractivity contribution in [3.8, 4) is 0 Å². The van der Waals surface area contributed by atoms with Gasteiger partial charge in [-0.1, -0.05) is 54.9 Å². The fraction of sp³-hybridized carbons (Fsp3) is 0.174. The number of benzene rings is 2. The standard InChI is InChI=1S/C23H22ClN3O2S/c1-2-20(23(29)27-21-12-11-17(24)15-25-21)30-19-10-6-9-18(14-19)26-22(28)13-16-7-4-3-5-8-16/h3-12,14-15,20H,2,13H2,1H3,(H,26,28)(H,25,27,29). The Hall–Kier alpha value is -2.83. The zero-order valence-corrected chi connectivity index (χ0v) is 18.0. The lowest BCUT2D eigenvalue weighted by Crippen LogP contribution is -2.25. The van der Waals surface area contributed by atoms with E-state index in [1.807, 2.05) is 61.5 Å². The Kier molecular flexibility index (Phi) is 7.88. The van der Waals surface area contributed by atoms with E-state index in [2.05, 4.69) is 15.6 Å². The van der Waals surface area contributed by atoms with Gasteiger partial charge in [0.25, 0.3) is 0 Å². The Morgan fingerprint density at radius 1 is 1.03 bits per heavy atom. The quantitative estimate of drug-likeness (QED) is 0.459. The smallest absolute Gasteiger partial charge is 0.239 e. The molecule has 0 fully saturated rings. The van der Waals surface area contributed by atoms with Crippen molar-refractivity contribution >= 4 is 46.7 Å². The molecule has 1 aromatic heterocycles. The number of hydrogen-bond donors (Lipinski definition) is 2. The molecule has 1 unspecified atom stereocenters. The highest BCUT2D eigenvalue weighted by atomic mass is 35.5. The van der Waals surface area contributed by atoms with Crippen LogP contribution in [0.15, 0.2) is 77.8 Å². The Bertz CT molecular complexity index is 997. The summed E-state index contributed by atoms with van der Waals surface area (Å²) in [6.07, 6.45) is 2.45. The maximum Gasteiger partial charge on any atom is 0.239 e. The minimum Gasteiger partial charge on any atom is -0.326 e. The van der Waals surface area contributed by atoms with Crippen LogP contribution >= 0.6 is 23.4 Å². The molecule has 0 saturated heterocycles. The van der Waals surface area contributed by atoms with E-state index >= 15 is 0 Å². The van der Waals surface area contributed by atoms with E-state index in [-0.39, 0.29) is 17.1 Å². The monoisotopic (exact) mass is 439 g/mol. The van der Waals surface area contributed by atoms with Gasteiger partial charge in [0.15, 0.2) is 0 Å². The van der Waals surface area contributed by atoms with Gasteiger partial charge < -0.3 is 10.6 Å². The molecule has 7 heteroatoms. The molecule has 2 aromatic carbocycles. The summed E-state index contributed by atoms with van der Waals surface area (Å²) < 4.78 is 0. The number of pyridine rings is 1. The first-order chi connectivity index (χ1) is 14.5. The van der Waals surface area contributed by atoms with Crippen LogP contribution in [-0.2, 0) is 16.0 Å². The van der Waals surface area contributed by atoms with Gasteiger partial charge in [-0.05, 0) is 42.3 Å². The minimum atomic E-state index is -0.294. The summed E-state index contributed by atoms with van der Waals surface area (Å²) in [5.74, 6) is 0.253. The summed E-state index contributed by atoms with van der Waals surface area (Å²) in [6, 6.07) is 20.4. The van der Waals surface area contributed by atoms with Crippen molar-refractivity contribution in [2.45, 2.75) is 29.9 Å². The van der Waals surface area contributed by atoms with Crippen LogP contribution in [0, 0.1) is 0 Å². The van der Waals surface area contributed by atoms with Gasteiger partial charge >= 0.3 is 0 Å². The Balaban J connectivity index is 1.60. The summed E-state index contributed by atoms with van der Waals surface area (Å²) in [5, 5.41) is 5.96. The van der Waals surface area contributed by atoms with Crippen molar-refractivity contribution in [2.24, 2.45) is 0 Å². The minimum absolute atomic E-state index is 0.0815. The second kappa shape index (κ2) is 10.8. The van der Waals surface area contributed by atoms with Crippen LogP contribution in [0.3, 0.4) is 0 Å². The second-order valence-corrected chi connectivity index (χ2v) is 8.32. The average Bonchev–Trinajstić information content (AvgIpc) is 2.74. The number of hydrogen-bond acceptors (Lipinski definition) is 4. The summed E-state index contributed by atoms with van der Waals surface area (Å²) in [7, 11) is 0. The number of amides is 2. The Labute approximate surface area is 185 Å². The van der Waals surface area contributed by atoms with Crippen molar-refractivity contribution in [2.75, 3.05) is 10.6 Å². The van der Waals surface area contributed by atoms with Crippen molar-refractivity contribution in [3.05, 3.63) is 83.5 Å². The van der Waals surface area contributed by atoms with Gasteiger partial charge in [-0.25, -0.2) is 4.98 Å². The molecule has 0 radical (unpaired) electrons. The van der Waals surface area contributed by atoms with Crippen LogP contribution in [0.2, 0.25) is 5.02 Å². The SMILES string of the molecule is CCC(Sc1cccc(NC(=O)Cc2ccccc2)c1)C(=O)Nc1ccc(Cl)cn1. The molecule has 2 amide bonds. The Morgan fingerprint density at radius 3 is 2.53 bits per heavy atom. The molecule has 3 aromatic rings. The van der Waals surface area contributed by atoms with Gasteiger partial charge in [-0.2, -0.15) is 0 Å². The lowest BCUT2D eigenvalue weighted by atomic mass is 10.1. The van der Waals surface area contributed by atoms with Crippen molar-refractivity contribution < 1.29 is 9.59 Å². The normalized spacial score (nSPS) is 11.5. The first-order valence-corrected chi connectivity index (χ1v) is 10.8. The highest BCUT2D eigenvalue weighted by molar-refractivity contribution is 8.00. The van der Waals surface area contributed by atoms with E-state index in [0.717, 1.165) is 10.5 Å². The fourth-order valence-corrected chi connectivity index (χ4v) is 3.90. The molecule has 1 heterocycles. The highest BCUT2D eigenvalue weighted by Crippen LogP contribution is 2.28. The first kappa shape index (κ1) is 21.9. The summed E-state index contributed by atoms with van der Waals surface area (Å²) in [5.41, 5.74) is 1.66. The van der Waals surface area contributed by atoms with Crippen LogP contribution in [0.1, 0.15) is 18.9 Å². The van der Waals surface area contributed by atoms with E-state index in [1.54, 1.807) is 12.1 Å². The number of carbonyl (C=O) groups is 2. The molecule has 0 aliphatic rings. The Morgan fingerprint density at radius 2 is 1.83 bits per heavy atom. The van der Waals surface area contributed by atoms with Gasteiger partial charge in [0.1, 0.15) is 5.82 Å². The lowest BCUT2D eigenvalue weighted by molar-refractivity contribution is -0.116. The van der Waals surface area contributed by atoms with E-state index in [9.17, 15) is 9.59 Å². The number of rotatable bonds is 8. The molecule has 1 atom stereocenters. The van der Waals surface area contributed by atoms with Crippen molar-refractivity contribution in [1.29, 1.82) is 0 Å².